The van der Waals surface area contributed by atoms with E-state index in [2.05, 4.69) is 17.6 Å². The normalized spacial score (nSPS) is 12.7. The van der Waals surface area contributed by atoms with Crippen molar-refractivity contribution in [3.8, 4) is 5.75 Å². The van der Waals surface area contributed by atoms with Crippen molar-refractivity contribution < 1.29 is 24.2 Å². The molecule has 0 saturated carbocycles. The fraction of sp³-hybridized carbons (Fsp3) is 0.559. The Bertz CT molecular complexity index is 1150. The number of nitrogens with one attached hydrogen (secondary N) is 2. The molecule has 3 amide bonds. The standard InChI is InChI=1S/C34H51N3O5S/c1-7-8-9-10-11-15-21-37(32(40)28(20-22-43-6)36-33(41)42-34(3,4)5)30(27-18-19-29(38)25(2)23-27)31(39)35-24-26-16-13-12-14-17-26/h12-14,16-19,23,28,30,38H,7-11,15,20-22,24H2,1-6H3,(H,35,39)(H,36,41). The van der Waals surface area contributed by atoms with E-state index in [0.29, 0.717) is 36.4 Å². The van der Waals surface area contributed by atoms with Crippen molar-refractivity contribution in [2.24, 2.45) is 0 Å². The number of ether oxygens (including phenoxy) is 1. The average Bonchev–Trinajstić information content (AvgIpc) is 2.96. The molecule has 2 atom stereocenters. The third-order valence-corrected chi connectivity index (χ3v) is 7.69. The molecular formula is C34H51N3O5S. The summed E-state index contributed by atoms with van der Waals surface area (Å²) >= 11 is 1.58. The van der Waals surface area contributed by atoms with Crippen LogP contribution < -0.4 is 10.6 Å². The molecule has 0 aliphatic rings. The highest BCUT2D eigenvalue weighted by Crippen LogP contribution is 2.28. The van der Waals surface area contributed by atoms with Crippen LogP contribution in [0.2, 0.25) is 0 Å². The molecule has 43 heavy (non-hydrogen) atoms. The molecule has 2 aromatic carbocycles. The van der Waals surface area contributed by atoms with Crippen LogP contribution in [0.4, 0.5) is 4.79 Å². The number of nitrogens with zero attached hydrogens (tertiary/aromatic N) is 1. The van der Waals surface area contributed by atoms with E-state index in [0.717, 1.165) is 44.1 Å². The lowest BCUT2D eigenvalue weighted by Gasteiger charge is -2.35. The Kier molecular flexibility index (Phi) is 15.5. The average molecular weight is 614 g/mol. The van der Waals surface area contributed by atoms with Crippen molar-refractivity contribution >= 4 is 29.7 Å². The summed E-state index contributed by atoms with van der Waals surface area (Å²) in [5.41, 5.74) is 1.42. The van der Waals surface area contributed by atoms with Gasteiger partial charge in [-0.1, -0.05) is 75.4 Å². The quantitative estimate of drug-likeness (QED) is 0.168. The number of phenolic OH excluding ortho intramolecular Hbond substituents is 1. The van der Waals surface area contributed by atoms with Crippen LogP contribution in [0.1, 0.15) is 95.4 Å². The number of aromatic hydroxyl groups is 1. The summed E-state index contributed by atoms with van der Waals surface area (Å²) in [6.07, 6.45) is 7.78. The number of hydrogen-bond acceptors (Lipinski definition) is 6. The molecule has 0 aromatic heterocycles. The topological polar surface area (TPSA) is 108 Å². The first-order chi connectivity index (χ1) is 20.5. The van der Waals surface area contributed by atoms with Gasteiger partial charge in [-0.2, -0.15) is 11.8 Å². The van der Waals surface area contributed by atoms with Gasteiger partial charge >= 0.3 is 6.09 Å². The summed E-state index contributed by atoms with van der Waals surface area (Å²) in [6.45, 7) is 9.91. The molecule has 8 nitrogen and oxygen atoms in total. The first kappa shape index (κ1) is 36.0. The van der Waals surface area contributed by atoms with Gasteiger partial charge in [0.15, 0.2) is 0 Å². The summed E-state index contributed by atoms with van der Waals surface area (Å²) in [4.78, 5) is 42.8. The number of aryl methyl sites for hydroxylation is 1. The monoisotopic (exact) mass is 613 g/mol. The minimum absolute atomic E-state index is 0.116. The molecule has 2 unspecified atom stereocenters. The maximum absolute atomic E-state index is 14.4. The van der Waals surface area contributed by atoms with Crippen molar-refractivity contribution in [3.63, 3.8) is 0 Å². The molecule has 0 saturated heterocycles. The number of benzene rings is 2. The Labute approximate surface area is 262 Å². The number of thioether (sulfide) groups is 1. The highest BCUT2D eigenvalue weighted by molar-refractivity contribution is 7.98. The Morgan fingerprint density at radius 1 is 1.00 bits per heavy atom. The number of phenols is 1. The third-order valence-electron chi connectivity index (χ3n) is 7.04. The SMILES string of the molecule is CCCCCCCCN(C(=O)C(CCSC)NC(=O)OC(C)(C)C)C(C(=O)NCc1ccccc1)c1ccc(O)c(C)c1. The number of hydrogen-bond donors (Lipinski definition) is 3. The second-order valence-corrected chi connectivity index (χ2v) is 12.9. The van der Waals surface area contributed by atoms with Crippen molar-refractivity contribution in [2.45, 2.75) is 104 Å². The highest BCUT2D eigenvalue weighted by Gasteiger charge is 2.36. The van der Waals surface area contributed by atoms with Crippen LogP contribution in [0.25, 0.3) is 0 Å². The van der Waals surface area contributed by atoms with Crippen LogP contribution in [-0.2, 0) is 20.9 Å². The fourth-order valence-corrected chi connectivity index (χ4v) is 5.25. The van der Waals surface area contributed by atoms with Gasteiger partial charge in [-0.25, -0.2) is 4.79 Å². The van der Waals surface area contributed by atoms with Gasteiger partial charge in [0.05, 0.1) is 0 Å². The summed E-state index contributed by atoms with van der Waals surface area (Å²) in [7, 11) is 0. The van der Waals surface area contributed by atoms with Crippen LogP contribution in [0.3, 0.4) is 0 Å². The van der Waals surface area contributed by atoms with E-state index in [-0.39, 0.29) is 17.6 Å². The van der Waals surface area contributed by atoms with E-state index in [1.807, 2.05) is 36.6 Å². The molecule has 2 rings (SSSR count). The lowest BCUT2D eigenvalue weighted by molar-refractivity contribution is -0.142. The zero-order valence-corrected chi connectivity index (χ0v) is 27.6. The zero-order chi connectivity index (χ0) is 31.8. The lowest BCUT2D eigenvalue weighted by Crippen LogP contribution is -2.53. The van der Waals surface area contributed by atoms with Gasteiger partial charge in [-0.15, -0.1) is 0 Å². The number of amides is 3. The van der Waals surface area contributed by atoms with Crippen LogP contribution in [0.5, 0.6) is 5.75 Å². The Hall–Kier alpha value is -3.20. The molecule has 2 aromatic rings. The molecule has 3 N–H and O–H groups in total. The van der Waals surface area contributed by atoms with E-state index in [4.69, 9.17) is 4.74 Å². The van der Waals surface area contributed by atoms with Crippen LogP contribution in [-0.4, -0.2) is 58.1 Å². The van der Waals surface area contributed by atoms with Gasteiger partial charge in [-0.3, -0.25) is 9.59 Å². The van der Waals surface area contributed by atoms with Gasteiger partial charge in [0.2, 0.25) is 11.8 Å². The number of rotatable bonds is 17. The first-order valence-electron chi connectivity index (χ1n) is 15.4. The van der Waals surface area contributed by atoms with Gasteiger partial charge < -0.3 is 25.4 Å². The van der Waals surface area contributed by atoms with Gasteiger partial charge in [0.1, 0.15) is 23.4 Å². The van der Waals surface area contributed by atoms with Crippen LogP contribution in [0, 0.1) is 6.92 Å². The zero-order valence-electron chi connectivity index (χ0n) is 26.8. The molecule has 0 spiro atoms. The summed E-state index contributed by atoms with van der Waals surface area (Å²) in [5.74, 6) is 0.0962. The molecule has 0 bridgehead atoms. The highest BCUT2D eigenvalue weighted by atomic mass is 32.2. The molecule has 0 aliphatic carbocycles. The van der Waals surface area contributed by atoms with Crippen LogP contribution in [0.15, 0.2) is 48.5 Å². The van der Waals surface area contributed by atoms with Gasteiger partial charge in [0.25, 0.3) is 0 Å². The number of unbranched alkanes of at least 4 members (excludes halogenated alkanes) is 5. The van der Waals surface area contributed by atoms with E-state index < -0.39 is 23.8 Å². The second-order valence-electron chi connectivity index (χ2n) is 11.9. The Balaban J connectivity index is 2.47. The Morgan fingerprint density at radius 2 is 1.67 bits per heavy atom. The fourth-order valence-electron chi connectivity index (χ4n) is 4.78. The first-order valence-corrected chi connectivity index (χ1v) is 16.8. The Morgan fingerprint density at radius 3 is 2.30 bits per heavy atom. The predicted octanol–water partition coefficient (Wildman–Crippen LogP) is 6.89. The summed E-state index contributed by atoms with van der Waals surface area (Å²) in [5, 5.41) is 16.1. The summed E-state index contributed by atoms with van der Waals surface area (Å²) in [6, 6.07) is 12.8. The number of alkyl carbamates (subject to hydrolysis) is 1. The van der Waals surface area contributed by atoms with E-state index >= 15 is 0 Å². The maximum atomic E-state index is 14.4. The van der Waals surface area contributed by atoms with Crippen molar-refractivity contribution in [1.82, 2.24) is 15.5 Å². The largest absolute Gasteiger partial charge is 0.508 e. The minimum Gasteiger partial charge on any atom is -0.508 e. The maximum Gasteiger partial charge on any atom is 0.408 e. The van der Waals surface area contributed by atoms with Crippen LogP contribution >= 0.6 is 11.8 Å². The van der Waals surface area contributed by atoms with Crippen molar-refractivity contribution in [1.29, 1.82) is 0 Å². The van der Waals surface area contributed by atoms with Crippen molar-refractivity contribution in [2.75, 3.05) is 18.6 Å². The van der Waals surface area contributed by atoms with Gasteiger partial charge in [0, 0.05) is 13.1 Å². The number of carbonyl (C=O) groups is 3. The summed E-state index contributed by atoms with van der Waals surface area (Å²) < 4.78 is 5.49. The molecular weight excluding hydrogens is 562 g/mol. The molecule has 0 radical (unpaired) electrons. The second kappa shape index (κ2) is 18.5. The van der Waals surface area contributed by atoms with E-state index in [9.17, 15) is 19.5 Å². The molecule has 0 aliphatic heterocycles. The number of carbonyl (C=O) groups excluding carboxylic acids is 3. The van der Waals surface area contributed by atoms with Gasteiger partial charge in [-0.05, 0) is 81.4 Å². The lowest BCUT2D eigenvalue weighted by atomic mass is 9.99. The molecule has 9 heteroatoms. The predicted molar refractivity (Wildman–Crippen MR) is 175 cm³/mol. The van der Waals surface area contributed by atoms with Crippen molar-refractivity contribution in [3.05, 3.63) is 65.2 Å². The minimum atomic E-state index is -0.955. The van der Waals surface area contributed by atoms with E-state index in [1.54, 1.807) is 62.6 Å². The third kappa shape index (κ3) is 12.9. The van der Waals surface area contributed by atoms with E-state index in [1.165, 1.54) is 0 Å². The molecule has 0 fully saturated rings. The molecule has 238 valence electrons. The molecule has 0 heterocycles. The smallest absolute Gasteiger partial charge is 0.408 e.